The number of hydrogen-bond donors (Lipinski definition) is 1. The van der Waals surface area contributed by atoms with Crippen LogP contribution < -0.4 is 0 Å². The number of carbonyl (C=O) groups excluding carboxylic acids is 1. The van der Waals surface area contributed by atoms with Gasteiger partial charge in [0.1, 0.15) is 0 Å². The topological polar surface area (TPSA) is 50.2 Å². The second-order valence-corrected chi connectivity index (χ2v) is 6.72. The molecule has 0 aliphatic heterocycles. The van der Waals surface area contributed by atoms with E-state index in [4.69, 9.17) is 0 Å². The Kier molecular flexibility index (Phi) is 3.42. The molecule has 0 fully saturated rings. The van der Waals surface area contributed by atoms with Gasteiger partial charge in [-0.2, -0.15) is 0 Å². The summed E-state index contributed by atoms with van der Waals surface area (Å²) in [5.74, 6) is 0.111. The highest BCUT2D eigenvalue weighted by Crippen LogP contribution is 2.28. The zero-order valence-corrected chi connectivity index (χ0v) is 13.4. The highest BCUT2D eigenvalue weighted by atomic mass is 32.2. The number of fused-ring (bicyclic) bond motifs is 2. The van der Waals surface area contributed by atoms with Crippen LogP contribution in [0.1, 0.15) is 17.3 Å². The lowest BCUT2D eigenvalue weighted by atomic mass is 10.1. The molecule has 3 heterocycles. The van der Waals surface area contributed by atoms with Crippen LogP contribution in [-0.4, -0.2) is 25.4 Å². The molecule has 5 heteroatoms. The lowest BCUT2D eigenvalue weighted by molar-refractivity contribution is 0.0995. The van der Waals surface area contributed by atoms with Crippen molar-refractivity contribution < 1.29 is 4.79 Å². The first kappa shape index (κ1) is 14.1. The van der Waals surface area contributed by atoms with Crippen LogP contribution in [0, 0.1) is 0 Å². The van der Waals surface area contributed by atoms with Gasteiger partial charge in [0.2, 0.25) is 0 Å². The molecular weight excluding hydrogens is 306 g/mol. The molecule has 0 radical (unpaired) electrons. The number of pyridine rings is 1. The number of aromatic nitrogens is 3. The Labute approximate surface area is 137 Å². The van der Waals surface area contributed by atoms with Gasteiger partial charge >= 0.3 is 0 Å². The number of aromatic amines is 1. The normalized spacial score (nSPS) is 12.7. The number of benzene rings is 1. The molecule has 0 saturated heterocycles. The summed E-state index contributed by atoms with van der Waals surface area (Å²) in [7, 11) is 0. The number of ketones is 1. The molecule has 23 heavy (non-hydrogen) atoms. The molecule has 0 bridgehead atoms. The first-order chi connectivity index (χ1) is 11.2. The van der Waals surface area contributed by atoms with E-state index in [2.05, 4.69) is 9.97 Å². The average molecular weight is 321 g/mol. The van der Waals surface area contributed by atoms with E-state index in [0.29, 0.717) is 0 Å². The first-order valence-electron chi connectivity index (χ1n) is 7.43. The van der Waals surface area contributed by atoms with Gasteiger partial charge in [-0.3, -0.25) is 9.20 Å². The molecular formula is C18H15N3OS. The summed E-state index contributed by atoms with van der Waals surface area (Å²) in [6.45, 7) is 1.93. The molecule has 4 rings (SSSR count). The summed E-state index contributed by atoms with van der Waals surface area (Å²) >= 11 is 1.48. The van der Waals surface area contributed by atoms with Gasteiger partial charge in [-0.25, -0.2) is 4.98 Å². The molecule has 1 aromatic carbocycles. The fraction of sp³-hybridized carbons (Fsp3) is 0.111. The van der Waals surface area contributed by atoms with Crippen LogP contribution in [-0.2, 0) is 0 Å². The summed E-state index contributed by atoms with van der Waals surface area (Å²) < 4.78 is 2.00. The third-order valence-corrected chi connectivity index (χ3v) is 4.99. The van der Waals surface area contributed by atoms with Crippen molar-refractivity contribution >= 4 is 34.0 Å². The second kappa shape index (κ2) is 5.59. The number of para-hydroxylation sites is 1. The Bertz CT molecular complexity index is 1000. The van der Waals surface area contributed by atoms with Crippen LogP contribution in [0.4, 0.5) is 0 Å². The van der Waals surface area contributed by atoms with Gasteiger partial charge in [0.05, 0.1) is 17.0 Å². The third kappa shape index (κ3) is 2.43. The molecule has 0 aliphatic rings. The average Bonchev–Trinajstić information content (AvgIpc) is 3.19. The Morgan fingerprint density at radius 3 is 2.96 bits per heavy atom. The van der Waals surface area contributed by atoms with Crippen LogP contribution in [0.15, 0.2) is 66.2 Å². The summed E-state index contributed by atoms with van der Waals surface area (Å²) in [5, 5.41) is 1.60. The van der Waals surface area contributed by atoms with E-state index in [1.807, 2.05) is 66.2 Å². The number of nitrogens with one attached hydrogen (secondary N) is 1. The number of H-pyrrole nitrogens is 1. The highest BCUT2D eigenvalue weighted by molar-refractivity contribution is 8.00. The number of carbonyl (C=O) groups is 1. The van der Waals surface area contributed by atoms with Gasteiger partial charge in [-0.05, 0) is 25.1 Å². The monoisotopic (exact) mass is 321 g/mol. The lowest BCUT2D eigenvalue weighted by Crippen LogP contribution is -2.13. The standard InChI is InChI=1S/C18H15N3OS/c1-12(23-18-20-10-13-6-4-5-9-21(13)18)17(22)15-11-19-16-8-3-2-7-14(15)16/h2-12,19H,1H3/t12-/m1/s1. The number of nitrogens with zero attached hydrogens (tertiary/aromatic N) is 2. The Morgan fingerprint density at radius 1 is 1.22 bits per heavy atom. The summed E-state index contributed by atoms with van der Waals surface area (Å²) in [4.78, 5) is 20.4. The molecule has 4 aromatic rings. The molecule has 0 aliphatic carbocycles. The Morgan fingerprint density at radius 2 is 2.04 bits per heavy atom. The number of hydrogen-bond acceptors (Lipinski definition) is 3. The Hall–Kier alpha value is -2.53. The molecule has 1 atom stereocenters. The third-order valence-electron chi connectivity index (χ3n) is 3.91. The zero-order chi connectivity index (χ0) is 15.8. The fourth-order valence-electron chi connectivity index (χ4n) is 2.71. The SMILES string of the molecule is C[C@@H](Sc1ncc2ccccn12)C(=O)c1c[nH]c2ccccc12. The van der Waals surface area contributed by atoms with E-state index >= 15 is 0 Å². The van der Waals surface area contributed by atoms with Gasteiger partial charge in [0, 0.05) is 28.9 Å². The molecule has 114 valence electrons. The van der Waals surface area contributed by atoms with Crippen LogP contribution in [0.2, 0.25) is 0 Å². The summed E-state index contributed by atoms with van der Waals surface area (Å²) in [6, 6.07) is 13.8. The number of imidazole rings is 1. The zero-order valence-electron chi connectivity index (χ0n) is 12.6. The van der Waals surface area contributed by atoms with Crippen molar-refractivity contribution in [2.45, 2.75) is 17.3 Å². The molecule has 0 spiro atoms. The number of Topliss-reactive ketones (excluding diaryl/α,β-unsaturated/α-hetero) is 1. The maximum Gasteiger partial charge on any atom is 0.178 e. The fourth-order valence-corrected chi connectivity index (χ4v) is 3.66. The smallest absolute Gasteiger partial charge is 0.178 e. The van der Waals surface area contributed by atoms with Crippen molar-refractivity contribution in [3.63, 3.8) is 0 Å². The van der Waals surface area contributed by atoms with Gasteiger partial charge in [-0.15, -0.1) is 0 Å². The highest BCUT2D eigenvalue weighted by Gasteiger charge is 2.21. The van der Waals surface area contributed by atoms with E-state index in [0.717, 1.165) is 27.1 Å². The maximum atomic E-state index is 12.8. The van der Waals surface area contributed by atoms with E-state index in [1.165, 1.54) is 11.8 Å². The van der Waals surface area contributed by atoms with E-state index in [9.17, 15) is 4.79 Å². The van der Waals surface area contributed by atoms with Gasteiger partial charge < -0.3 is 4.98 Å². The quantitative estimate of drug-likeness (QED) is 0.453. The largest absolute Gasteiger partial charge is 0.360 e. The van der Waals surface area contributed by atoms with E-state index < -0.39 is 0 Å². The van der Waals surface area contributed by atoms with Crippen molar-refractivity contribution in [1.82, 2.24) is 14.4 Å². The predicted molar refractivity (Wildman–Crippen MR) is 93.1 cm³/mol. The van der Waals surface area contributed by atoms with E-state index in [1.54, 1.807) is 6.20 Å². The minimum Gasteiger partial charge on any atom is -0.360 e. The molecule has 0 unspecified atom stereocenters. The Balaban J connectivity index is 1.64. The molecule has 3 aromatic heterocycles. The van der Waals surface area contributed by atoms with Crippen molar-refractivity contribution in [3.8, 4) is 0 Å². The summed E-state index contributed by atoms with van der Waals surface area (Å²) in [5.41, 5.74) is 2.75. The van der Waals surface area contributed by atoms with Crippen molar-refractivity contribution in [2.24, 2.45) is 0 Å². The minimum atomic E-state index is -0.208. The number of thioether (sulfide) groups is 1. The first-order valence-corrected chi connectivity index (χ1v) is 8.31. The van der Waals surface area contributed by atoms with Gasteiger partial charge in [0.15, 0.2) is 10.9 Å². The second-order valence-electron chi connectivity index (χ2n) is 5.41. The molecule has 0 saturated carbocycles. The maximum absolute atomic E-state index is 12.8. The van der Waals surface area contributed by atoms with Crippen LogP contribution >= 0.6 is 11.8 Å². The minimum absolute atomic E-state index is 0.111. The molecule has 4 nitrogen and oxygen atoms in total. The molecule has 1 N–H and O–H groups in total. The van der Waals surface area contributed by atoms with Crippen LogP contribution in [0.3, 0.4) is 0 Å². The van der Waals surface area contributed by atoms with Crippen molar-refractivity contribution in [2.75, 3.05) is 0 Å². The van der Waals surface area contributed by atoms with Crippen LogP contribution in [0.25, 0.3) is 16.4 Å². The van der Waals surface area contributed by atoms with Gasteiger partial charge in [-0.1, -0.05) is 36.0 Å². The van der Waals surface area contributed by atoms with Crippen LogP contribution in [0.5, 0.6) is 0 Å². The van der Waals surface area contributed by atoms with Crippen molar-refractivity contribution in [1.29, 1.82) is 0 Å². The van der Waals surface area contributed by atoms with Gasteiger partial charge in [0.25, 0.3) is 0 Å². The van der Waals surface area contributed by atoms with E-state index in [-0.39, 0.29) is 11.0 Å². The predicted octanol–water partition coefficient (Wildman–Crippen LogP) is 4.18. The lowest BCUT2D eigenvalue weighted by Gasteiger charge is -2.09. The van der Waals surface area contributed by atoms with Crippen molar-refractivity contribution in [3.05, 3.63) is 66.6 Å². The number of rotatable bonds is 4. The molecule has 0 amide bonds. The summed E-state index contributed by atoms with van der Waals surface area (Å²) in [6.07, 6.45) is 5.59.